The van der Waals surface area contributed by atoms with Crippen molar-refractivity contribution in [3.8, 4) is 0 Å². The maximum absolute atomic E-state index is 11.4. The molecular weight excluding hydrogens is 212 g/mol. The Morgan fingerprint density at radius 1 is 1.35 bits per heavy atom. The Hall–Kier alpha value is -1.57. The Labute approximate surface area is 103 Å². The van der Waals surface area contributed by atoms with Crippen LogP contribution in [0.4, 0.5) is 0 Å². The zero-order valence-electron chi connectivity index (χ0n) is 10.8. The molecule has 0 aliphatic heterocycles. The van der Waals surface area contributed by atoms with Crippen LogP contribution in [0.15, 0.2) is 42.0 Å². The Bertz CT molecular complexity index is 379. The van der Waals surface area contributed by atoms with Crippen LogP contribution in [-0.4, -0.2) is 12.6 Å². The van der Waals surface area contributed by atoms with Crippen LogP contribution in [0.3, 0.4) is 0 Å². The van der Waals surface area contributed by atoms with Gasteiger partial charge in [0.2, 0.25) is 0 Å². The van der Waals surface area contributed by atoms with Crippen molar-refractivity contribution in [3.63, 3.8) is 0 Å². The molecule has 0 radical (unpaired) electrons. The van der Waals surface area contributed by atoms with Gasteiger partial charge in [-0.1, -0.05) is 43.3 Å². The van der Waals surface area contributed by atoms with E-state index < -0.39 is 0 Å². The summed E-state index contributed by atoms with van der Waals surface area (Å²) in [6, 6.07) is 10.3. The highest BCUT2D eigenvalue weighted by atomic mass is 16.5. The number of rotatable bonds is 5. The highest BCUT2D eigenvalue weighted by Crippen LogP contribution is 2.12. The second kappa shape index (κ2) is 6.89. The van der Waals surface area contributed by atoms with Gasteiger partial charge < -0.3 is 4.74 Å². The minimum atomic E-state index is -0.215. The fourth-order valence-corrected chi connectivity index (χ4v) is 1.78. The lowest BCUT2D eigenvalue weighted by molar-refractivity contribution is -0.138. The first-order chi connectivity index (χ1) is 8.13. The van der Waals surface area contributed by atoms with Crippen LogP contribution in [-0.2, 0) is 16.0 Å². The van der Waals surface area contributed by atoms with E-state index in [1.54, 1.807) is 6.92 Å². The summed E-state index contributed by atoms with van der Waals surface area (Å²) in [5.41, 5.74) is 1.98. The molecule has 0 spiro atoms. The van der Waals surface area contributed by atoms with Crippen molar-refractivity contribution < 1.29 is 9.53 Å². The van der Waals surface area contributed by atoms with Gasteiger partial charge in [-0.05, 0) is 31.7 Å². The molecule has 0 N–H and O–H groups in total. The topological polar surface area (TPSA) is 26.3 Å². The lowest BCUT2D eigenvalue weighted by Gasteiger charge is -2.08. The van der Waals surface area contributed by atoms with Crippen molar-refractivity contribution in [1.82, 2.24) is 0 Å². The van der Waals surface area contributed by atoms with Gasteiger partial charge >= 0.3 is 5.97 Å². The fourth-order valence-electron chi connectivity index (χ4n) is 1.78. The predicted octanol–water partition coefficient (Wildman–Crippen LogP) is 3.37. The van der Waals surface area contributed by atoms with E-state index in [9.17, 15) is 4.79 Å². The molecule has 1 rings (SSSR count). The molecule has 0 aliphatic carbocycles. The average Bonchev–Trinajstić information content (AvgIpc) is 2.30. The van der Waals surface area contributed by atoms with E-state index in [1.807, 2.05) is 31.2 Å². The van der Waals surface area contributed by atoms with E-state index >= 15 is 0 Å². The van der Waals surface area contributed by atoms with E-state index in [4.69, 9.17) is 4.74 Å². The quantitative estimate of drug-likeness (QED) is 0.574. The highest BCUT2D eigenvalue weighted by molar-refractivity contribution is 5.87. The smallest absolute Gasteiger partial charge is 0.333 e. The van der Waals surface area contributed by atoms with E-state index in [1.165, 1.54) is 5.56 Å². The van der Waals surface area contributed by atoms with Crippen molar-refractivity contribution >= 4 is 5.97 Å². The zero-order valence-corrected chi connectivity index (χ0v) is 10.8. The minimum Gasteiger partial charge on any atom is -0.463 e. The summed E-state index contributed by atoms with van der Waals surface area (Å²) in [6.07, 6.45) is 2.92. The summed E-state index contributed by atoms with van der Waals surface area (Å²) >= 11 is 0. The van der Waals surface area contributed by atoms with Crippen LogP contribution in [0.25, 0.3) is 0 Å². The van der Waals surface area contributed by atoms with Gasteiger partial charge in [0.05, 0.1) is 6.61 Å². The van der Waals surface area contributed by atoms with Gasteiger partial charge in [-0.25, -0.2) is 4.79 Å². The van der Waals surface area contributed by atoms with Crippen LogP contribution in [0.2, 0.25) is 0 Å². The molecule has 1 aromatic carbocycles. The van der Waals surface area contributed by atoms with E-state index in [0.29, 0.717) is 18.1 Å². The first-order valence-electron chi connectivity index (χ1n) is 6.03. The number of hydrogen-bond acceptors (Lipinski definition) is 2. The highest BCUT2D eigenvalue weighted by Gasteiger charge is 2.07. The molecule has 17 heavy (non-hydrogen) atoms. The van der Waals surface area contributed by atoms with Crippen molar-refractivity contribution in [3.05, 3.63) is 47.5 Å². The van der Waals surface area contributed by atoms with Gasteiger partial charge in [-0.15, -0.1) is 0 Å². The molecule has 0 aliphatic rings. The Balaban J connectivity index is 2.56. The number of allylic oxidation sites excluding steroid dienone is 1. The normalized spacial score (nSPS) is 13.2. The lowest BCUT2D eigenvalue weighted by atomic mass is 9.99. The Morgan fingerprint density at radius 2 is 2.00 bits per heavy atom. The van der Waals surface area contributed by atoms with Crippen molar-refractivity contribution in [2.24, 2.45) is 5.92 Å². The van der Waals surface area contributed by atoms with Crippen LogP contribution in [0.5, 0.6) is 0 Å². The summed E-state index contributed by atoms with van der Waals surface area (Å²) in [5.74, 6) is 0.120. The Kier molecular flexibility index (Phi) is 5.47. The van der Waals surface area contributed by atoms with Crippen molar-refractivity contribution in [2.45, 2.75) is 27.2 Å². The van der Waals surface area contributed by atoms with Gasteiger partial charge in [-0.2, -0.15) is 0 Å². The number of carbonyl (C=O) groups is 1. The van der Waals surface area contributed by atoms with Gasteiger partial charge in [-0.3, -0.25) is 0 Å². The summed E-state index contributed by atoms with van der Waals surface area (Å²) < 4.78 is 4.95. The summed E-state index contributed by atoms with van der Waals surface area (Å²) in [4.78, 5) is 11.4. The molecule has 0 heterocycles. The molecular formula is C15H20O2. The molecule has 0 fully saturated rings. The molecule has 0 bridgehead atoms. The SMILES string of the molecule is CCOC(=O)/C(C)=C\[C@H](C)Cc1ccccc1. The Morgan fingerprint density at radius 3 is 2.59 bits per heavy atom. The molecule has 0 aromatic heterocycles. The van der Waals surface area contributed by atoms with Gasteiger partial charge in [0, 0.05) is 5.57 Å². The molecule has 2 heteroatoms. The first-order valence-corrected chi connectivity index (χ1v) is 6.03. The largest absolute Gasteiger partial charge is 0.463 e. The molecule has 2 nitrogen and oxygen atoms in total. The molecule has 0 amide bonds. The molecule has 0 saturated heterocycles. The second-order valence-corrected chi connectivity index (χ2v) is 4.24. The minimum absolute atomic E-state index is 0.215. The molecule has 1 aromatic rings. The summed E-state index contributed by atoms with van der Waals surface area (Å²) in [5, 5.41) is 0. The number of benzene rings is 1. The molecule has 1 atom stereocenters. The number of hydrogen-bond donors (Lipinski definition) is 0. The maximum Gasteiger partial charge on any atom is 0.333 e. The van der Waals surface area contributed by atoms with E-state index in [-0.39, 0.29) is 5.97 Å². The molecule has 0 saturated carbocycles. The van der Waals surface area contributed by atoms with Crippen LogP contribution >= 0.6 is 0 Å². The molecule has 0 unspecified atom stereocenters. The summed E-state index contributed by atoms with van der Waals surface area (Å²) in [7, 11) is 0. The third-order valence-electron chi connectivity index (χ3n) is 2.53. The van der Waals surface area contributed by atoms with Crippen molar-refractivity contribution in [1.29, 1.82) is 0 Å². The predicted molar refractivity (Wildman–Crippen MR) is 69.7 cm³/mol. The third-order valence-corrected chi connectivity index (χ3v) is 2.53. The molecule has 92 valence electrons. The van der Waals surface area contributed by atoms with E-state index in [2.05, 4.69) is 19.1 Å². The average molecular weight is 232 g/mol. The monoisotopic (exact) mass is 232 g/mol. The number of esters is 1. The third kappa shape index (κ3) is 4.85. The zero-order chi connectivity index (χ0) is 12.7. The van der Waals surface area contributed by atoms with E-state index in [0.717, 1.165) is 6.42 Å². The standard InChI is InChI=1S/C15H20O2/c1-4-17-15(16)13(3)10-12(2)11-14-8-6-5-7-9-14/h5-10,12H,4,11H2,1-3H3/b13-10-/t12-/m0/s1. The maximum atomic E-state index is 11.4. The van der Waals surface area contributed by atoms with Crippen LogP contribution < -0.4 is 0 Å². The summed E-state index contributed by atoms with van der Waals surface area (Å²) in [6.45, 7) is 6.16. The van der Waals surface area contributed by atoms with Gasteiger partial charge in [0.15, 0.2) is 0 Å². The number of carbonyl (C=O) groups excluding carboxylic acids is 1. The van der Waals surface area contributed by atoms with Gasteiger partial charge in [0.25, 0.3) is 0 Å². The lowest BCUT2D eigenvalue weighted by Crippen LogP contribution is -2.07. The second-order valence-electron chi connectivity index (χ2n) is 4.24. The van der Waals surface area contributed by atoms with Crippen LogP contribution in [0, 0.1) is 5.92 Å². The van der Waals surface area contributed by atoms with Gasteiger partial charge in [0.1, 0.15) is 0 Å². The van der Waals surface area contributed by atoms with Crippen molar-refractivity contribution in [2.75, 3.05) is 6.61 Å². The van der Waals surface area contributed by atoms with Crippen LogP contribution in [0.1, 0.15) is 26.3 Å². The fraction of sp³-hybridized carbons (Fsp3) is 0.400. The number of ether oxygens (including phenoxy) is 1. The first kappa shape index (κ1) is 13.5.